The fourth-order valence-electron chi connectivity index (χ4n) is 4.58. The minimum absolute atomic E-state index is 0.393. The highest BCUT2D eigenvalue weighted by atomic mass is 32.2. The largest absolute Gasteiger partial charge is 0.377 e. The zero-order valence-corrected chi connectivity index (χ0v) is 20.3. The van der Waals surface area contributed by atoms with Crippen LogP contribution in [0.1, 0.15) is 34.8 Å². The van der Waals surface area contributed by atoms with Gasteiger partial charge in [0.05, 0.1) is 10.1 Å². The van der Waals surface area contributed by atoms with Crippen molar-refractivity contribution in [2.24, 2.45) is 0 Å². The van der Waals surface area contributed by atoms with Gasteiger partial charge in [-0.25, -0.2) is 8.42 Å². The van der Waals surface area contributed by atoms with E-state index in [1.807, 2.05) is 49.4 Å². The van der Waals surface area contributed by atoms with Crippen molar-refractivity contribution in [2.45, 2.75) is 29.9 Å². The maximum Gasteiger partial charge on any atom is 0.185 e. The summed E-state index contributed by atoms with van der Waals surface area (Å²) < 4.78 is 28.6. The molecule has 0 saturated heterocycles. The first-order valence-electron chi connectivity index (χ1n) is 11.3. The molecule has 2 heterocycles. The zero-order chi connectivity index (χ0) is 22.8. The van der Waals surface area contributed by atoms with E-state index >= 15 is 0 Å². The number of rotatable bonds is 7. The maximum atomic E-state index is 13.6. The summed E-state index contributed by atoms with van der Waals surface area (Å²) in [5, 5.41) is 2.85. The van der Waals surface area contributed by atoms with Gasteiger partial charge in [-0.2, -0.15) is 0 Å². The predicted molar refractivity (Wildman–Crippen MR) is 138 cm³/mol. The van der Waals surface area contributed by atoms with E-state index in [4.69, 9.17) is 0 Å². The van der Waals surface area contributed by atoms with Crippen LogP contribution in [0.3, 0.4) is 0 Å². The number of hydrogen-bond donors (Lipinski definition) is 0. The Kier molecular flexibility index (Phi) is 6.09. The monoisotopic (exact) mass is 473 g/mol. The molecule has 0 fully saturated rings. The van der Waals surface area contributed by atoms with Crippen molar-refractivity contribution in [1.29, 1.82) is 0 Å². The molecule has 0 spiro atoms. The van der Waals surface area contributed by atoms with Crippen molar-refractivity contribution in [3.05, 3.63) is 107 Å². The average molecular weight is 474 g/mol. The second-order valence-corrected chi connectivity index (χ2v) is 11.7. The van der Waals surface area contributed by atoms with E-state index in [2.05, 4.69) is 40.7 Å². The van der Waals surface area contributed by atoms with Gasteiger partial charge in [-0.05, 0) is 65.4 Å². The maximum absolute atomic E-state index is 13.6. The van der Waals surface area contributed by atoms with Crippen LogP contribution >= 0.6 is 11.3 Å². The van der Waals surface area contributed by atoms with Crippen molar-refractivity contribution < 1.29 is 8.42 Å². The summed E-state index contributed by atoms with van der Waals surface area (Å²) in [6.07, 6.45) is 3.76. The van der Waals surface area contributed by atoms with Gasteiger partial charge in [0.15, 0.2) is 9.84 Å². The lowest BCUT2D eigenvalue weighted by Gasteiger charge is -2.22. The summed E-state index contributed by atoms with van der Waals surface area (Å²) in [5.74, 6) is 0. The van der Waals surface area contributed by atoms with E-state index in [0.717, 1.165) is 24.1 Å². The number of fused-ring (bicyclic) bond motifs is 1. The standard InChI is InChI=1S/C28H27NO2S2/c1-21-10-12-25(13-11-21)33(30,31)27(22-6-3-2-4-7-22)15-18-29-17-14-24(20-29)26-9-5-8-23-16-19-32-28(23)26/h2-13,16,19-20,27H,14-15,17-18H2,1H3. The number of sulfone groups is 1. The molecule has 3 nitrogen and oxygen atoms in total. The molecule has 0 bridgehead atoms. The van der Waals surface area contributed by atoms with Crippen LogP contribution in [0.25, 0.3) is 15.7 Å². The second-order valence-electron chi connectivity index (χ2n) is 8.63. The molecule has 4 aromatic rings. The molecule has 1 aliphatic heterocycles. The molecule has 3 aromatic carbocycles. The lowest BCUT2D eigenvalue weighted by molar-refractivity contribution is 0.393. The van der Waals surface area contributed by atoms with Gasteiger partial charge in [-0.15, -0.1) is 11.3 Å². The van der Waals surface area contributed by atoms with E-state index < -0.39 is 15.1 Å². The zero-order valence-electron chi connectivity index (χ0n) is 18.6. The molecular weight excluding hydrogens is 446 g/mol. The summed E-state index contributed by atoms with van der Waals surface area (Å²) in [7, 11) is -3.50. The first kappa shape index (κ1) is 21.9. The number of thiophene rings is 1. The predicted octanol–water partition coefficient (Wildman–Crippen LogP) is 6.86. The molecule has 1 unspecified atom stereocenters. The average Bonchev–Trinajstić information content (AvgIpc) is 3.50. The Morgan fingerprint density at radius 1 is 0.939 bits per heavy atom. The number of hydrogen-bond acceptors (Lipinski definition) is 4. The second kappa shape index (κ2) is 9.16. The van der Waals surface area contributed by atoms with E-state index in [1.165, 1.54) is 21.2 Å². The third-order valence-electron chi connectivity index (χ3n) is 6.41. The first-order valence-corrected chi connectivity index (χ1v) is 13.7. The fraction of sp³-hybridized carbons (Fsp3) is 0.214. The highest BCUT2D eigenvalue weighted by Gasteiger charge is 2.30. The summed E-state index contributed by atoms with van der Waals surface area (Å²) >= 11 is 1.78. The van der Waals surface area contributed by atoms with Gasteiger partial charge < -0.3 is 4.90 Å². The van der Waals surface area contributed by atoms with Gasteiger partial charge in [0.1, 0.15) is 0 Å². The van der Waals surface area contributed by atoms with Gasteiger partial charge in [0.2, 0.25) is 0 Å². The molecule has 33 heavy (non-hydrogen) atoms. The molecule has 1 aromatic heterocycles. The van der Waals surface area contributed by atoms with Crippen molar-refractivity contribution in [1.82, 2.24) is 4.90 Å². The Bertz CT molecular complexity index is 1390. The SMILES string of the molecule is Cc1ccc(S(=O)(=O)C(CCN2C=C(c3cccc4ccsc34)CC2)c2ccccc2)cc1. The summed E-state index contributed by atoms with van der Waals surface area (Å²) in [6, 6.07) is 25.5. The molecule has 1 aliphatic rings. The molecule has 1 atom stereocenters. The molecule has 0 N–H and O–H groups in total. The fourth-order valence-corrected chi connectivity index (χ4v) is 7.31. The van der Waals surface area contributed by atoms with Crippen molar-refractivity contribution in [2.75, 3.05) is 13.1 Å². The van der Waals surface area contributed by atoms with Gasteiger partial charge in [-0.3, -0.25) is 0 Å². The Balaban J connectivity index is 1.39. The van der Waals surface area contributed by atoms with E-state index in [1.54, 1.807) is 23.5 Å². The smallest absolute Gasteiger partial charge is 0.185 e. The molecule has 5 rings (SSSR count). The molecule has 5 heteroatoms. The van der Waals surface area contributed by atoms with E-state index in [-0.39, 0.29) is 0 Å². The summed E-state index contributed by atoms with van der Waals surface area (Å²) in [5.41, 5.74) is 4.54. The van der Waals surface area contributed by atoms with E-state index in [9.17, 15) is 8.42 Å². The minimum Gasteiger partial charge on any atom is -0.377 e. The highest BCUT2D eigenvalue weighted by molar-refractivity contribution is 7.91. The summed E-state index contributed by atoms with van der Waals surface area (Å²) in [4.78, 5) is 2.67. The molecule has 0 amide bonds. The Morgan fingerprint density at radius 2 is 1.73 bits per heavy atom. The summed E-state index contributed by atoms with van der Waals surface area (Å²) in [6.45, 7) is 3.59. The Labute approximate surface area is 199 Å². The van der Waals surface area contributed by atoms with Crippen molar-refractivity contribution in [3.63, 3.8) is 0 Å². The van der Waals surface area contributed by atoms with Gasteiger partial charge >= 0.3 is 0 Å². The first-order chi connectivity index (χ1) is 16.0. The topological polar surface area (TPSA) is 37.4 Å². The van der Waals surface area contributed by atoms with Crippen molar-refractivity contribution >= 4 is 36.8 Å². The van der Waals surface area contributed by atoms with E-state index in [0.29, 0.717) is 17.9 Å². The van der Waals surface area contributed by atoms with Crippen LogP contribution in [0.15, 0.2) is 95.3 Å². The molecule has 0 saturated carbocycles. The molecule has 0 aliphatic carbocycles. The van der Waals surface area contributed by atoms with Crippen LogP contribution < -0.4 is 0 Å². The number of aryl methyl sites for hydroxylation is 1. The van der Waals surface area contributed by atoms with Gasteiger partial charge in [-0.1, -0.05) is 66.2 Å². The van der Waals surface area contributed by atoms with Crippen LogP contribution in [0.4, 0.5) is 0 Å². The quantitative estimate of drug-likeness (QED) is 0.294. The molecular formula is C28H27NO2S2. The van der Waals surface area contributed by atoms with Crippen LogP contribution in [-0.2, 0) is 9.84 Å². The lowest BCUT2D eigenvalue weighted by Crippen LogP contribution is -2.22. The minimum atomic E-state index is -3.50. The van der Waals surface area contributed by atoms with Crippen LogP contribution in [-0.4, -0.2) is 26.4 Å². The van der Waals surface area contributed by atoms with Gasteiger partial charge in [0, 0.05) is 24.0 Å². The Morgan fingerprint density at radius 3 is 2.52 bits per heavy atom. The van der Waals surface area contributed by atoms with Gasteiger partial charge in [0.25, 0.3) is 0 Å². The third-order valence-corrected chi connectivity index (χ3v) is 9.56. The number of nitrogens with zero attached hydrogens (tertiary/aromatic N) is 1. The third kappa shape index (κ3) is 4.48. The van der Waals surface area contributed by atoms with Crippen LogP contribution in [0.2, 0.25) is 0 Å². The van der Waals surface area contributed by atoms with Crippen LogP contribution in [0, 0.1) is 6.92 Å². The number of benzene rings is 3. The normalized spacial score (nSPS) is 15.1. The van der Waals surface area contributed by atoms with Crippen molar-refractivity contribution in [3.8, 4) is 0 Å². The molecule has 0 radical (unpaired) electrons. The van der Waals surface area contributed by atoms with Crippen LogP contribution in [0.5, 0.6) is 0 Å². The lowest BCUT2D eigenvalue weighted by atomic mass is 10.0. The Hall–Kier alpha value is -2.89. The highest BCUT2D eigenvalue weighted by Crippen LogP contribution is 2.36. The molecule has 168 valence electrons.